The number of para-hydroxylation sites is 1. The van der Waals surface area contributed by atoms with Crippen LogP contribution >= 0.6 is 0 Å². The van der Waals surface area contributed by atoms with E-state index in [1.807, 2.05) is 24.3 Å². The molecule has 1 aliphatic carbocycles. The summed E-state index contributed by atoms with van der Waals surface area (Å²) >= 11 is 0. The Morgan fingerprint density at radius 1 is 1.22 bits per heavy atom. The number of amides is 1. The molecule has 0 bridgehead atoms. The number of carbonyl (C=O) groups excluding carboxylic acids is 2. The predicted octanol–water partition coefficient (Wildman–Crippen LogP) is 3.16. The Kier molecular flexibility index (Phi) is 4.65. The van der Waals surface area contributed by atoms with Crippen molar-refractivity contribution >= 4 is 22.8 Å². The van der Waals surface area contributed by atoms with Gasteiger partial charge in [-0.2, -0.15) is 0 Å². The van der Waals surface area contributed by atoms with E-state index in [1.165, 1.54) is 6.42 Å². The van der Waals surface area contributed by atoms with Crippen LogP contribution in [0, 0.1) is 0 Å². The first kappa shape index (κ1) is 15.6. The van der Waals surface area contributed by atoms with Gasteiger partial charge in [-0.05, 0) is 25.8 Å². The average molecular weight is 314 g/mol. The molecule has 1 aromatic heterocycles. The number of aromatic nitrogens is 1. The topological polar surface area (TPSA) is 71.2 Å². The van der Waals surface area contributed by atoms with E-state index in [0.29, 0.717) is 5.56 Å². The van der Waals surface area contributed by atoms with E-state index < -0.39 is 12.1 Å². The lowest BCUT2D eigenvalue weighted by atomic mass is 9.95. The molecule has 0 radical (unpaired) electrons. The van der Waals surface area contributed by atoms with Crippen LogP contribution in [0.25, 0.3) is 10.9 Å². The monoisotopic (exact) mass is 314 g/mol. The Hall–Kier alpha value is -2.30. The van der Waals surface area contributed by atoms with Gasteiger partial charge in [-0.15, -0.1) is 0 Å². The highest BCUT2D eigenvalue weighted by Crippen LogP contribution is 2.20. The maximum Gasteiger partial charge on any atom is 0.341 e. The van der Waals surface area contributed by atoms with E-state index in [-0.39, 0.29) is 11.9 Å². The third kappa shape index (κ3) is 3.55. The van der Waals surface area contributed by atoms with E-state index in [0.717, 1.165) is 36.6 Å². The molecule has 5 nitrogen and oxygen atoms in total. The van der Waals surface area contributed by atoms with Gasteiger partial charge in [-0.3, -0.25) is 4.79 Å². The first-order chi connectivity index (χ1) is 11.1. The summed E-state index contributed by atoms with van der Waals surface area (Å²) in [6.45, 7) is 1.62. The van der Waals surface area contributed by atoms with Gasteiger partial charge < -0.3 is 15.0 Å². The van der Waals surface area contributed by atoms with Crippen LogP contribution in [0.5, 0.6) is 0 Å². The Morgan fingerprint density at radius 3 is 2.74 bits per heavy atom. The molecule has 1 aliphatic rings. The summed E-state index contributed by atoms with van der Waals surface area (Å²) in [5, 5.41) is 3.79. The van der Waals surface area contributed by atoms with Gasteiger partial charge in [0.2, 0.25) is 0 Å². The molecular weight excluding hydrogens is 292 g/mol. The van der Waals surface area contributed by atoms with Crippen molar-refractivity contribution in [1.82, 2.24) is 10.3 Å². The Morgan fingerprint density at radius 2 is 1.96 bits per heavy atom. The number of fused-ring (bicyclic) bond motifs is 1. The van der Waals surface area contributed by atoms with Crippen molar-refractivity contribution in [1.29, 1.82) is 0 Å². The number of hydrogen-bond donors (Lipinski definition) is 2. The fourth-order valence-corrected chi connectivity index (χ4v) is 3.08. The number of rotatable bonds is 4. The first-order valence-corrected chi connectivity index (χ1v) is 8.22. The minimum Gasteiger partial charge on any atom is -0.449 e. The number of H-pyrrole nitrogens is 1. The number of benzene rings is 1. The van der Waals surface area contributed by atoms with Crippen LogP contribution in [0.1, 0.15) is 49.4 Å². The van der Waals surface area contributed by atoms with Crippen LogP contribution in [-0.4, -0.2) is 29.0 Å². The van der Waals surface area contributed by atoms with Gasteiger partial charge in [0.15, 0.2) is 6.10 Å². The third-order valence-corrected chi connectivity index (χ3v) is 4.41. The zero-order valence-corrected chi connectivity index (χ0v) is 13.3. The van der Waals surface area contributed by atoms with Gasteiger partial charge in [-0.1, -0.05) is 37.5 Å². The SMILES string of the molecule is C[C@H](OC(=O)c1c[nH]c2ccccc12)C(=O)NC1CCCCC1. The second-order valence-corrected chi connectivity index (χ2v) is 6.14. The summed E-state index contributed by atoms with van der Waals surface area (Å²) in [6.07, 6.45) is 6.38. The number of ether oxygens (including phenoxy) is 1. The number of carbonyl (C=O) groups is 2. The summed E-state index contributed by atoms with van der Waals surface area (Å²) in [7, 11) is 0. The van der Waals surface area contributed by atoms with Crippen molar-refractivity contribution in [2.24, 2.45) is 0 Å². The van der Waals surface area contributed by atoms with Crippen LogP contribution in [0.4, 0.5) is 0 Å². The number of esters is 1. The summed E-state index contributed by atoms with van der Waals surface area (Å²) in [5.74, 6) is -0.696. The molecule has 1 heterocycles. The summed E-state index contributed by atoms with van der Waals surface area (Å²) in [5.41, 5.74) is 1.33. The molecule has 0 saturated heterocycles. The number of aromatic amines is 1. The molecule has 122 valence electrons. The molecule has 2 aromatic rings. The molecule has 0 aliphatic heterocycles. The summed E-state index contributed by atoms with van der Waals surface area (Å²) in [4.78, 5) is 27.5. The Balaban J connectivity index is 1.61. The minimum absolute atomic E-state index is 0.213. The van der Waals surface area contributed by atoms with Crippen LogP contribution in [-0.2, 0) is 9.53 Å². The van der Waals surface area contributed by atoms with Crippen LogP contribution in [0.15, 0.2) is 30.5 Å². The Labute approximate surface area is 135 Å². The van der Waals surface area contributed by atoms with E-state index in [1.54, 1.807) is 13.1 Å². The van der Waals surface area contributed by atoms with Crippen molar-refractivity contribution in [3.63, 3.8) is 0 Å². The molecule has 1 amide bonds. The molecule has 1 fully saturated rings. The van der Waals surface area contributed by atoms with Gasteiger partial charge in [0, 0.05) is 23.1 Å². The number of nitrogens with one attached hydrogen (secondary N) is 2. The third-order valence-electron chi connectivity index (χ3n) is 4.41. The van der Waals surface area contributed by atoms with E-state index >= 15 is 0 Å². The fourth-order valence-electron chi connectivity index (χ4n) is 3.08. The molecule has 3 rings (SSSR count). The van der Waals surface area contributed by atoms with Crippen molar-refractivity contribution in [3.05, 3.63) is 36.0 Å². The molecule has 5 heteroatoms. The van der Waals surface area contributed by atoms with Crippen LogP contribution < -0.4 is 5.32 Å². The quantitative estimate of drug-likeness (QED) is 0.852. The highest BCUT2D eigenvalue weighted by Gasteiger charge is 2.23. The first-order valence-electron chi connectivity index (χ1n) is 8.22. The van der Waals surface area contributed by atoms with Crippen molar-refractivity contribution in [2.75, 3.05) is 0 Å². The predicted molar refractivity (Wildman–Crippen MR) is 88.2 cm³/mol. The molecular formula is C18H22N2O3. The van der Waals surface area contributed by atoms with E-state index in [9.17, 15) is 9.59 Å². The zero-order chi connectivity index (χ0) is 16.2. The highest BCUT2D eigenvalue weighted by molar-refractivity contribution is 6.04. The smallest absolute Gasteiger partial charge is 0.341 e. The normalized spacial score (nSPS) is 16.9. The van der Waals surface area contributed by atoms with Crippen LogP contribution in [0.2, 0.25) is 0 Å². The second-order valence-electron chi connectivity index (χ2n) is 6.14. The lowest BCUT2D eigenvalue weighted by molar-refractivity contribution is -0.130. The second kappa shape index (κ2) is 6.86. The highest BCUT2D eigenvalue weighted by atomic mass is 16.5. The minimum atomic E-state index is -0.793. The fraction of sp³-hybridized carbons (Fsp3) is 0.444. The average Bonchev–Trinajstić information content (AvgIpc) is 2.99. The van der Waals surface area contributed by atoms with Gasteiger partial charge >= 0.3 is 5.97 Å². The zero-order valence-electron chi connectivity index (χ0n) is 13.3. The van der Waals surface area contributed by atoms with Crippen molar-refractivity contribution < 1.29 is 14.3 Å². The summed E-state index contributed by atoms with van der Waals surface area (Å²) < 4.78 is 5.34. The van der Waals surface area contributed by atoms with Gasteiger partial charge in [0.05, 0.1) is 5.56 Å². The lowest BCUT2D eigenvalue weighted by Gasteiger charge is -2.24. The number of hydrogen-bond acceptors (Lipinski definition) is 3. The molecule has 1 aromatic carbocycles. The maximum absolute atomic E-state index is 12.3. The molecule has 23 heavy (non-hydrogen) atoms. The molecule has 0 spiro atoms. The van der Waals surface area contributed by atoms with Crippen molar-refractivity contribution in [2.45, 2.75) is 51.2 Å². The van der Waals surface area contributed by atoms with Crippen molar-refractivity contribution in [3.8, 4) is 0 Å². The lowest BCUT2D eigenvalue weighted by Crippen LogP contribution is -2.42. The molecule has 0 unspecified atom stereocenters. The van der Waals surface area contributed by atoms with Gasteiger partial charge in [-0.25, -0.2) is 4.79 Å². The summed E-state index contributed by atoms with van der Waals surface area (Å²) in [6, 6.07) is 7.73. The molecule has 1 atom stereocenters. The Bertz CT molecular complexity index is 701. The molecule has 2 N–H and O–H groups in total. The van der Waals surface area contributed by atoms with E-state index in [2.05, 4.69) is 10.3 Å². The molecule has 1 saturated carbocycles. The largest absolute Gasteiger partial charge is 0.449 e. The van der Waals surface area contributed by atoms with Gasteiger partial charge in [0.1, 0.15) is 0 Å². The standard InChI is InChI=1S/C18H22N2O3/c1-12(17(21)20-13-7-3-2-4-8-13)23-18(22)15-11-19-16-10-6-5-9-14(15)16/h5-6,9-13,19H,2-4,7-8H2,1H3,(H,20,21)/t12-/m0/s1. The van der Waals surface area contributed by atoms with Gasteiger partial charge in [0.25, 0.3) is 5.91 Å². The van der Waals surface area contributed by atoms with Crippen LogP contribution in [0.3, 0.4) is 0 Å². The van der Waals surface area contributed by atoms with E-state index in [4.69, 9.17) is 4.74 Å². The maximum atomic E-state index is 12.3.